The number of aromatic carboxylic acids is 1. The molecule has 0 bridgehead atoms. The van der Waals surface area contributed by atoms with Crippen molar-refractivity contribution in [2.75, 3.05) is 0 Å². The number of H-pyrrole nitrogens is 1. The van der Waals surface area contributed by atoms with Gasteiger partial charge < -0.3 is 10.2 Å². The Labute approximate surface area is 143 Å². The lowest BCUT2D eigenvalue weighted by molar-refractivity contribution is 0.0697. The number of aromatic nitrogens is 2. The summed E-state index contributed by atoms with van der Waals surface area (Å²) >= 11 is 0. The van der Waals surface area contributed by atoms with E-state index in [2.05, 4.69) is 9.98 Å². The van der Waals surface area contributed by atoms with E-state index in [1.165, 1.54) is 25.1 Å². The molecule has 0 spiro atoms. The van der Waals surface area contributed by atoms with E-state index in [1.54, 1.807) is 6.07 Å². The molecule has 2 aromatic rings. The molecule has 0 radical (unpaired) electrons. The topological polar surface area (TPSA) is 125 Å². The fourth-order valence-corrected chi connectivity index (χ4v) is 2.37. The van der Waals surface area contributed by atoms with Crippen molar-refractivity contribution in [1.82, 2.24) is 9.55 Å². The van der Waals surface area contributed by atoms with Crippen LogP contribution in [-0.4, -0.2) is 31.4 Å². The molecule has 0 saturated heterocycles. The second-order valence-corrected chi connectivity index (χ2v) is 5.52. The quantitative estimate of drug-likeness (QED) is 0.689. The van der Waals surface area contributed by atoms with Crippen molar-refractivity contribution in [2.45, 2.75) is 33.2 Å². The molecule has 0 amide bonds. The molecular formula is C17H19N3O5. The van der Waals surface area contributed by atoms with Crippen molar-refractivity contribution in [3.05, 3.63) is 56.2 Å². The number of unbranched alkanes of at least 4 members (excludes halogenated alkanes) is 1. The maximum atomic E-state index is 12.1. The SMILES string of the molecule is CCCCn1c(O)c(C(C)=Nc2cccc(C(=O)O)c2)c(=O)[nH]c1=O. The summed E-state index contributed by atoms with van der Waals surface area (Å²) in [6.45, 7) is 3.72. The zero-order chi connectivity index (χ0) is 18.6. The normalized spacial score (nSPS) is 11.5. The molecule has 0 aliphatic carbocycles. The summed E-state index contributed by atoms with van der Waals surface area (Å²) in [6, 6.07) is 5.88. The van der Waals surface area contributed by atoms with Gasteiger partial charge >= 0.3 is 11.7 Å². The van der Waals surface area contributed by atoms with Crippen LogP contribution >= 0.6 is 0 Å². The van der Waals surface area contributed by atoms with Crippen molar-refractivity contribution in [3.8, 4) is 5.88 Å². The number of hydrogen-bond acceptors (Lipinski definition) is 5. The highest BCUT2D eigenvalue weighted by molar-refractivity contribution is 6.02. The number of carboxylic acid groups (broad SMARTS) is 1. The van der Waals surface area contributed by atoms with Crippen LogP contribution in [0.4, 0.5) is 5.69 Å². The van der Waals surface area contributed by atoms with E-state index in [4.69, 9.17) is 5.11 Å². The van der Waals surface area contributed by atoms with Crippen LogP contribution in [0.15, 0.2) is 38.8 Å². The Morgan fingerprint density at radius 3 is 2.68 bits per heavy atom. The first kappa shape index (κ1) is 18.2. The summed E-state index contributed by atoms with van der Waals surface area (Å²) < 4.78 is 1.09. The number of aromatic amines is 1. The van der Waals surface area contributed by atoms with E-state index in [0.29, 0.717) is 12.1 Å². The molecule has 25 heavy (non-hydrogen) atoms. The van der Waals surface area contributed by atoms with Gasteiger partial charge in [0.2, 0.25) is 5.88 Å². The Bertz CT molecular complexity index is 940. The average molecular weight is 345 g/mol. The summed E-state index contributed by atoms with van der Waals surface area (Å²) in [4.78, 5) is 41.3. The number of benzene rings is 1. The van der Waals surface area contributed by atoms with Crippen LogP contribution < -0.4 is 11.2 Å². The highest BCUT2D eigenvalue weighted by atomic mass is 16.4. The van der Waals surface area contributed by atoms with E-state index < -0.39 is 23.1 Å². The Morgan fingerprint density at radius 1 is 1.32 bits per heavy atom. The number of hydrogen-bond donors (Lipinski definition) is 3. The molecule has 0 fully saturated rings. The molecule has 1 heterocycles. The summed E-state index contributed by atoms with van der Waals surface area (Å²) in [5.41, 5.74) is -0.989. The minimum absolute atomic E-state index is 0.0556. The zero-order valence-electron chi connectivity index (χ0n) is 13.9. The predicted octanol–water partition coefficient (Wildman–Crippen LogP) is 1.88. The second kappa shape index (κ2) is 7.61. The molecule has 8 nitrogen and oxygen atoms in total. The third kappa shape index (κ3) is 4.03. The molecule has 1 aromatic carbocycles. The first-order chi connectivity index (χ1) is 11.8. The number of carbonyl (C=O) groups is 1. The fraction of sp³-hybridized carbons (Fsp3) is 0.294. The molecule has 0 aliphatic rings. The van der Waals surface area contributed by atoms with Crippen LogP contribution in [0.3, 0.4) is 0 Å². The van der Waals surface area contributed by atoms with Gasteiger partial charge in [0.1, 0.15) is 5.56 Å². The third-order valence-electron chi connectivity index (χ3n) is 3.66. The van der Waals surface area contributed by atoms with Gasteiger partial charge in [0.15, 0.2) is 0 Å². The van der Waals surface area contributed by atoms with E-state index in [1.807, 2.05) is 6.92 Å². The molecule has 1 aromatic heterocycles. The maximum Gasteiger partial charge on any atom is 0.335 e. The van der Waals surface area contributed by atoms with E-state index in [0.717, 1.165) is 11.0 Å². The zero-order valence-corrected chi connectivity index (χ0v) is 13.9. The van der Waals surface area contributed by atoms with Crippen molar-refractivity contribution in [1.29, 1.82) is 0 Å². The summed E-state index contributed by atoms with van der Waals surface area (Å²) in [7, 11) is 0. The molecule has 132 valence electrons. The number of aliphatic imine (C=N–C) groups is 1. The van der Waals surface area contributed by atoms with Crippen molar-refractivity contribution < 1.29 is 15.0 Å². The molecule has 0 unspecified atom stereocenters. The van der Waals surface area contributed by atoms with Crippen LogP contribution in [0.2, 0.25) is 0 Å². The Hall–Kier alpha value is -3.16. The van der Waals surface area contributed by atoms with E-state index >= 15 is 0 Å². The van der Waals surface area contributed by atoms with Gasteiger partial charge in [-0.2, -0.15) is 0 Å². The van der Waals surface area contributed by atoms with Crippen LogP contribution in [0.1, 0.15) is 42.6 Å². The van der Waals surface area contributed by atoms with Crippen LogP contribution in [0.5, 0.6) is 5.88 Å². The molecule has 0 aliphatic heterocycles. The number of aromatic hydroxyl groups is 1. The molecular weight excluding hydrogens is 326 g/mol. The van der Waals surface area contributed by atoms with Crippen LogP contribution in [0, 0.1) is 0 Å². The van der Waals surface area contributed by atoms with Gasteiger partial charge in [-0.15, -0.1) is 0 Å². The minimum Gasteiger partial charge on any atom is -0.494 e. The second-order valence-electron chi connectivity index (χ2n) is 5.52. The van der Waals surface area contributed by atoms with Crippen molar-refractivity contribution in [2.24, 2.45) is 4.99 Å². The average Bonchev–Trinajstić information content (AvgIpc) is 2.54. The van der Waals surface area contributed by atoms with Gasteiger partial charge in [-0.1, -0.05) is 19.4 Å². The smallest absolute Gasteiger partial charge is 0.335 e. The fourth-order valence-electron chi connectivity index (χ4n) is 2.37. The number of nitrogens with one attached hydrogen (secondary N) is 1. The van der Waals surface area contributed by atoms with Gasteiger partial charge in [0.05, 0.1) is 17.0 Å². The first-order valence-corrected chi connectivity index (χ1v) is 7.80. The molecule has 0 atom stereocenters. The van der Waals surface area contributed by atoms with Crippen LogP contribution in [-0.2, 0) is 6.54 Å². The van der Waals surface area contributed by atoms with E-state index in [-0.39, 0.29) is 23.4 Å². The summed E-state index contributed by atoms with van der Waals surface area (Å²) in [6.07, 6.45) is 1.48. The maximum absolute atomic E-state index is 12.1. The van der Waals surface area contributed by atoms with Gasteiger partial charge in [-0.3, -0.25) is 19.3 Å². The Kier molecular flexibility index (Phi) is 5.53. The molecule has 3 N–H and O–H groups in total. The molecule has 8 heteroatoms. The number of carboxylic acids is 1. The van der Waals surface area contributed by atoms with Gasteiger partial charge in [-0.05, 0) is 31.5 Å². The highest BCUT2D eigenvalue weighted by Crippen LogP contribution is 2.18. The van der Waals surface area contributed by atoms with E-state index in [9.17, 15) is 19.5 Å². The Balaban J connectivity index is 2.53. The first-order valence-electron chi connectivity index (χ1n) is 7.80. The molecule has 2 rings (SSSR count). The van der Waals surface area contributed by atoms with Crippen molar-refractivity contribution in [3.63, 3.8) is 0 Å². The Morgan fingerprint density at radius 2 is 2.04 bits per heavy atom. The highest BCUT2D eigenvalue weighted by Gasteiger charge is 2.16. The summed E-state index contributed by atoms with van der Waals surface area (Å²) in [5, 5.41) is 19.4. The van der Waals surface area contributed by atoms with Gasteiger partial charge in [0.25, 0.3) is 5.56 Å². The monoisotopic (exact) mass is 345 g/mol. The van der Waals surface area contributed by atoms with Gasteiger partial charge in [0, 0.05) is 6.54 Å². The number of rotatable bonds is 6. The number of nitrogens with zero attached hydrogens (tertiary/aromatic N) is 2. The van der Waals surface area contributed by atoms with Gasteiger partial charge in [-0.25, -0.2) is 9.59 Å². The largest absolute Gasteiger partial charge is 0.494 e. The molecule has 0 saturated carbocycles. The predicted molar refractivity (Wildman–Crippen MR) is 93.2 cm³/mol. The lowest BCUT2D eigenvalue weighted by atomic mass is 10.2. The lowest BCUT2D eigenvalue weighted by Crippen LogP contribution is -2.33. The van der Waals surface area contributed by atoms with Crippen molar-refractivity contribution >= 4 is 17.4 Å². The third-order valence-corrected chi connectivity index (χ3v) is 3.66. The standard InChI is InChI=1S/C17H19N3O5/c1-3-4-8-20-15(22)13(14(21)19-17(20)25)10(2)18-12-7-5-6-11(9-12)16(23)24/h5-7,9,22H,3-4,8H2,1-2H3,(H,23,24)(H,19,21,25). The van der Waals surface area contributed by atoms with Crippen LogP contribution in [0.25, 0.3) is 0 Å². The summed E-state index contributed by atoms with van der Waals surface area (Å²) in [5.74, 6) is -1.54. The lowest BCUT2D eigenvalue weighted by Gasteiger charge is -2.10. The minimum atomic E-state index is -1.09.